The summed E-state index contributed by atoms with van der Waals surface area (Å²) in [6.45, 7) is 0.623. The molecule has 0 spiro atoms. The predicted octanol–water partition coefficient (Wildman–Crippen LogP) is 3.64. The number of pyridine rings is 1. The van der Waals surface area contributed by atoms with Crippen molar-refractivity contribution in [2.75, 3.05) is 6.54 Å². The van der Waals surface area contributed by atoms with Crippen LogP contribution in [-0.4, -0.2) is 17.4 Å². The van der Waals surface area contributed by atoms with Gasteiger partial charge in [0.25, 0.3) is 5.91 Å². The average molecular weight is 390 g/mol. The number of halogens is 2. The van der Waals surface area contributed by atoms with Gasteiger partial charge in [0.1, 0.15) is 0 Å². The van der Waals surface area contributed by atoms with Gasteiger partial charge in [-0.1, -0.05) is 0 Å². The van der Waals surface area contributed by atoms with Crippen LogP contribution in [0, 0.1) is 0 Å². The summed E-state index contributed by atoms with van der Waals surface area (Å²) in [5, 5.41) is 2.88. The molecule has 0 fully saturated rings. The molecule has 0 unspecified atom stereocenters. The van der Waals surface area contributed by atoms with Gasteiger partial charge in [-0.3, -0.25) is 9.78 Å². The largest absolute Gasteiger partial charge is 0.352 e. The van der Waals surface area contributed by atoms with E-state index in [1.807, 2.05) is 6.07 Å². The van der Waals surface area contributed by atoms with Crippen LogP contribution in [0.2, 0.25) is 0 Å². The first kappa shape index (κ1) is 13.7. The molecule has 0 aliphatic carbocycles. The highest BCUT2D eigenvalue weighted by molar-refractivity contribution is 9.11. The topological polar surface area (TPSA) is 42.0 Å². The summed E-state index contributed by atoms with van der Waals surface area (Å²) in [6.07, 6.45) is 4.05. The molecule has 0 aliphatic heterocycles. The van der Waals surface area contributed by atoms with Gasteiger partial charge in [-0.2, -0.15) is 0 Å². The number of thiophene rings is 1. The molecule has 0 radical (unpaired) electrons. The van der Waals surface area contributed by atoms with Crippen molar-refractivity contribution in [3.8, 4) is 0 Å². The van der Waals surface area contributed by atoms with Crippen molar-refractivity contribution in [1.29, 1.82) is 0 Å². The van der Waals surface area contributed by atoms with Crippen molar-refractivity contribution in [2.45, 2.75) is 6.42 Å². The Morgan fingerprint density at radius 1 is 1.33 bits per heavy atom. The second-order valence-corrected chi connectivity index (χ2v) is 7.07. The van der Waals surface area contributed by atoms with Crippen molar-refractivity contribution in [3.63, 3.8) is 0 Å². The Labute approximate surface area is 126 Å². The smallest absolute Gasteiger partial charge is 0.252 e. The highest BCUT2D eigenvalue weighted by Gasteiger charge is 2.06. The Morgan fingerprint density at radius 3 is 2.83 bits per heavy atom. The summed E-state index contributed by atoms with van der Waals surface area (Å²) in [6, 6.07) is 5.83. The molecule has 0 aromatic carbocycles. The Hall–Kier alpha value is -0.720. The summed E-state index contributed by atoms with van der Waals surface area (Å²) in [5.41, 5.74) is 0.566. The number of hydrogen-bond acceptors (Lipinski definition) is 3. The second kappa shape index (κ2) is 6.45. The quantitative estimate of drug-likeness (QED) is 0.867. The van der Waals surface area contributed by atoms with Gasteiger partial charge in [-0.15, -0.1) is 11.3 Å². The zero-order chi connectivity index (χ0) is 13.0. The molecule has 1 N–H and O–H groups in total. The van der Waals surface area contributed by atoms with Crippen molar-refractivity contribution in [3.05, 3.63) is 49.3 Å². The molecule has 0 bridgehead atoms. The van der Waals surface area contributed by atoms with E-state index in [-0.39, 0.29) is 5.91 Å². The van der Waals surface area contributed by atoms with Gasteiger partial charge in [0, 0.05) is 28.3 Å². The number of amides is 1. The number of carbonyl (C=O) groups is 1. The fraction of sp³-hybridized carbons (Fsp3) is 0.167. The van der Waals surface area contributed by atoms with Crippen LogP contribution in [-0.2, 0) is 6.42 Å². The van der Waals surface area contributed by atoms with Crippen molar-refractivity contribution < 1.29 is 4.79 Å². The molecule has 0 aliphatic rings. The number of carbonyl (C=O) groups excluding carboxylic acids is 1. The molecule has 18 heavy (non-hydrogen) atoms. The minimum atomic E-state index is -0.0978. The van der Waals surface area contributed by atoms with Crippen LogP contribution in [0.15, 0.2) is 38.9 Å². The third-order valence-electron chi connectivity index (χ3n) is 2.25. The summed E-state index contributed by atoms with van der Waals surface area (Å²) < 4.78 is 1.91. The van der Waals surface area contributed by atoms with E-state index in [0.717, 1.165) is 14.7 Å². The fourth-order valence-corrected chi connectivity index (χ4v) is 3.27. The number of aromatic nitrogens is 1. The van der Waals surface area contributed by atoms with Gasteiger partial charge < -0.3 is 5.32 Å². The molecule has 3 nitrogen and oxygen atoms in total. The number of rotatable bonds is 4. The Balaban J connectivity index is 1.85. The van der Waals surface area contributed by atoms with Crippen LogP contribution in [0.5, 0.6) is 0 Å². The SMILES string of the molecule is O=C(NCCc1ccc(Br)s1)c1cncc(Br)c1. The molecule has 2 heterocycles. The second-order valence-electron chi connectivity index (χ2n) is 3.60. The first-order valence-corrected chi connectivity index (χ1v) is 7.68. The van der Waals surface area contributed by atoms with Crippen LogP contribution in [0.4, 0.5) is 0 Å². The maximum atomic E-state index is 11.8. The van der Waals surface area contributed by atoms with Gasteiger partial charge in [0.2, 0.25) is 0 Å². The fourth-order valence-electron chi connectivity index (χ4n) is 1.42. The van der Waals surface area contributed by atoms with Crippen molar-refractivity contribution >= 4 is 49.1 Å². The third-order valence-corrected chi connectivity index (χ3v) is 4.37. The molecule has 1 amide bonds. The summed E-state index contributed by atoms with van der Waals surface area (Å²) in [4.78, 5) is 17.0. The Morgan fingerprint density at radius 2 is 2.17 bits per heavy atom. The van der Waals surface area contributed by atoms with E-state index >= 15 is 0 Å². The summed E-state index contributed by atoms with van der Waals surface area (Å²) in [7, 11) is 0. The lowest BCUT2D eigenvalue weighted by Crippen LogP contribution is -2.25. The van der Waals surface area contributed by atoms with Gasteiger partial charge >= 0.3 is 0 Å². The molecule has 0 atom stereocenters. The first-order chi connectivity index (χ1) is 8.65. The molecule has 2 aromatic rings. The average Bonchev–Trinajstić information content (AvgIpc) is 2.75. The number of nitrogens with zero attached hydrogens (tertiary/aromatic N) is 1. The molecular formula is C12H10Br2N2OS. The summed E-state index contributed by atoms with van der Waals surface area (Å²) in [5.74, 6) is -0.0978. The van der Waals surface area contributed by atoms with E-state index in [9.17, 15) is 4.79 Å². The molecule has 0 saturated carbocycles. The molecule has 94 valence electrons. The van der Waals surface area contributed by atoms with Crippen LogP contribution in [0.25, 0.3) is 0 Å². The third kappa shape index (κ3) is 3.90. The minimum absolute atomic E-state index is 0.0978. The van der Waals surface area contributed by atoms with Gasteiger partial charge in [-0.05, 0) is 56.5 Å². The maximum Gasteiger partial charge on any atom is 0.252 e. The number of nitrogens with one attached hydrogen (secondary N) is 1. The lowest BCUT2D eigenvalue weighted by atomic mass is 10.2. The predicted molar refractivity (Wildman–Crippen MR) is 80.0 cm³/mol. The molecular weight excluding hydrogens is 380 g/mol. The van der Waals surface area contributed by atoms with Gasteiger partial charge in [0.05, 0.1) is 9.35 Å². The van der Waals surface area contributed by atoms with E-state index in [4.69, 9.17) is 0 Å². The van der Waals surface area contributed by atoms with E-state index in [1.54, 1.807) is 29.8 Å². The molecule has 2 rings (SSSR count). The first-order valence-electron chi connectivity index (χ1n) is 5.28. The molecule has 0 saturated heterocycles. The molecule has 2 aromatic heterocycles. The lowest BCUT2D eigenvalue weighted by Gasteiger charge is -2.04. The normalized spacial score (nSPS) is 10.3. The number of hydrogen-bond donors (Lipinski definition) is 1. The van der Waals surface area contributed by atoms with Crippen molar-refractivity contribution in [2.24, 2.45) is 0 Å². The lowest BCUT2D eigenvalue weighted by molar-refractivity contribution is 0.0954. The zero-order valence-corrected chi connectivity index (χ0v) is 13.3. The van der Waals surface area contributed by atoms with Crippen molar-refractivity contribution in [1.82, 2.24) is 10.3 Å². The highest BCUT2D eigenvalue weighted by Crippen LogP contribution is 2.22. The minimum Gasteiger partial charge on any atom is -0.352 e. The molecule has 6 heteroatoms. The van der Waals surface area contributed by atoms with Gasteiger partial charge in [-0.25, -0.2) is 0 Å². The van der Waals surface area contributed by atoms with E-state index < -0.39 is 0 Å². The van der Waals surface area contributed by atoms with Crippen LogP contribution in [0.1, 0.15) is 15.2 Å². The van der Waals surface area contributed by atoms with Gasteiger partial charge in [0.15, 0.2) is 0 Å². The monoisotopic (exact) mass is 388 g/mol. The zero-order valence-electron chi connectivity index (χ0n) is 9.32. The van der Waals surface area contributed by atoms with E-state index in [2.05, 4.69) is 48.2 Å². The van der Waals surface area contributed by atoms with Crippen LogP contribution in [0.3, 0.4) is 0 Å². The Bertz CT molecular complexity index is 557. The Kier molecular flexibility index (Phi) is 4.91. The standard InChI is InChI=1S/C12H10Br2N2OS/c13-9-5-8(6-15-7-9)12(17)16-4-3-10-1-2-11(14)18-10/h1-2,5-7H,3-4H2,(H,16,17). The van der Waals surface area contributed by atoms with Crippen LogP contribution >= 0.6 is 43.2 Å². The maximum absolute atomic E-state index is 11.8. The van der Waals surface area contributed by atoms with E-state index in [1.165, 1.54) is 4.88 Å². The highest BCUT2D eigenvalue weighted by atomic mass is 79.9. The van der Waals surface area contributed by atoms with Crippen LogP contribution < -0.4 is 5.32 Å². The summed E-state index contributed by atoms with van der Waals surface area (Å²) >= 11 is 8.39. The van der Waals surface area contributed by atoms with E-state index in [0.29, 0.717) is 12.1 Å².